The molecule has 3 aliphatic heterocycles. The van der Waals surface area contributed by atoms with E-state index in [9.17, 15) is 0 Å². The fraction of sp³-hybridized carbons (Fsp3) is 0.0182. The van der Waals surface area contributed by atoms with Gasteiger partial charge in [-0.1, -0.05) is 182 Å². The van der Waals surface area contributed by atoms with Crippen molar-refractivity contribution >= 4 is 68.9 Å². The van der Waals surface area contributed by atoms with Crippen LogP contribution in [0.4, 0.5) is 17.1 Å². The number of hydrogen-bond acceptors (Lipinski definition) is 3. The molecule has 0 N–H and O–H groups in total. The maximum Gasteiger partial charge on any atom is 0.181 e. The molecule has 0 aliphatic carbocycles. The molecule has 0 unspecified atom stereocenters. The SMILES string of the molecule is O=P1(c2ccc(N3c4ccccc4C4(c5ccccc5Oc5ccccc54)c4ccccc43)cc2)c2ccccc2[Si](c2ccccc2)(c2ccccc2)c2ccccc21. The first-order valence-corrected chi connectivity index (χ1v) is 24.2. The highest BCUT2D eigenvalue weighted by molar-refractivity contribution is 7.87. The summed E-state index contributed by atoms with van der Waals surface area (Å²) in [6, 6.07) is 82.1. The highest BCUT2D eigenvalue weighted by Gasteiger charge is 2.54. The van der Waals surface area contributed by atoms with Crippen molar-refractivity contribution in [2.45, 2.75) is 5.41 Å². The number of anilines is 3. The van der Waals surface area contributed by atoms with Crippen molar-refractivity contribution < 1.29 is 9.30 Å². The lowest BCUT2D eigenvalue weighted by molar-refractivity contribution is 0.434. The Labute approximate surface area is 351 Å². The minimum Gasteiger partial charge on any atom is -0.457 e. The fourth-order valence-electron chi connectivity index (χ4n) is 10.8. The van der Waals surface area contributed by atoms with Gasteiger partial charge in [-0.3, -0.25) is 0 Å². The standard InChI is InChI=1S/C55H38NO2PSi/c57-59(51-31-15-17-33-53(51)60(41-19-3-1-4-20-41,42-21-5-2-6-22-42)54-34-18-16-32-52(54)59)40-37-35-39(36-38-40)56-47-27-11-7-23-43(47)55(44-24-8-12-28-48(44)56)45-25-9-13-29-49(45)58-50-30-14-10-26-46(50)55/h1-38H. The van der Waals surface area contributed by atoms with Gasteiger partial charge in [-0.05, 0) is 80.4 Å². The quantitative estimate of drug-likeness (QED) is 0.131. The maximum atomic E-state index is 16.5. The van der Waals surface area contributed by atoms with E-state index < -0.39 is 20.6 Å². The first kappa shape index (κ1) is 35.0. The van der Waals surface area contributed by atoms with Crippen molar-refractivity contribution in [2.75, 3.05) is 4.90 Å². The van der Waals surface area contributed by atoms with Gasteiger partial charge in [-0.25, -0.2) is 0 Å². The molecular formula is C55H38NO2PSi. The fourth-order valence-corrected chi connectivity index (χ4v) is 20.4. The number of hydrogen-bond donors (Lipinski definition) is 0. The first-order chi connectivity index (χ1) is 29.7. The highest BCUT2D eigenvalue weighted by atomic mass is 31.2. The molecule has 3 heterocycles. The molecule has 0 radical (unpaired) electrons. The van der Waals surface area contributed by atoms with E-state index in [4.69, 9.17) is 4.74 Å². The van der Waals surface area contributed by atoms with Crippen molar-refractivity contribution in [3.8, 4) is 11.5 Å². The van der Waals surface area contributed by atoms with Crippen LogP contribution in [0.25, 0.3) is 0 Å². The van der Waals surface area contributed by atoms with E-state index in [1.807, 2.05) is 0 Å². The van der Waals surface area contributed by atoms with Crippen LogP contribution in [0.15, 0.2) is 231 Å². The summed E-state index contributed by atoms with van der Waals surface area (Å²) in [5, 5.41) is 7.65. The lowest BCUT2D eigenvalue weighted by Crippen LogP contribution is -2.81. The van der Waals surface area contributed by atoms with Gasteiger partial charge in [0.2, 0.25) is 0 Å². The zero-order valence-electron chi connectivity index (χ0n) is 32.7. The van der Waals surface area contributed by atoms with Crippen molar-refractivity contribution in [1.29, 1.82) is 0 Å². The molecule has 0 saturated carbocycles. The summed E-state index contributed by atoms with van der Waals surface area (Å²) in [7, 11) is -6.23. The van der Waals surface area contributed by atoms with Gasteiger partial charge in [0.15, 0.2) is 15.2 Å². The summed E-state index contributed by atoms with van der Waals surface area (Å²) in [6.07, 6.45) is 0. The smallest absolute Gasteiger partial charge is 0.181 e. The van der Waals surface area contributed by atoms with Crippen LogP contribution in [0.1, 0.15) is 22.3 Å². The van der Waals surface area contributed by atoms with Gasteiger partial charge < -0.3 is 14.2 Å². The van der Waals surface area contributed by atoms with Gasteiger partial charge in [0.05, 0.1) is 16.8 Å². The molecule has 12 rings (SSSR count). The number of benzene rings is 9. The largest absolute Gasteiger partial charge is 0.457 e. The van der Waals surface area contributed by atoms with Crippen LogP contribution in [0.2, 0.25) is 0 Å². The van der Waals surface area contributed by atoms with Crippen LogP contribution >= 0.6 is 7.14 Å². The van der Waals surface area contributed by atoms with Gasteiger partial charge in [-0.2, -0.15) is 0 Å². The van der Waals surface area contributed by atoms with Crippen LogP contribution in [0.5, 0.6) is 11.5 Å². The average molecular weight is 804 g/mol. The zero-order valence-corrected chi connectivity index (χ0v) is 34.5. The lowest BCUT2D eigenvalue weighted by atomic mass is 9.61. The molecule has 9 aromatic carbocycles. The van der Waals surface area contributed by atoms with Crippen molar-refractivity contribution in [3.63, 3.8) is 0 Å². The monoisotopic (exact) mass is 803 g/mol. The third kappa shape index (κ3) is 4.58. The highest BCUT2D eigenvalue weighted by Crippen LogP contribution is 2.62. The third-order valence-corrected chi connectivity index (χ3v) is 21.5. The second-order valence-corrected chi connectivity index (χ2v) is 22.3. The molecule has 0 fully saturated rings. The molecule has 284 valence electrons. The van der Waals surface area contributed by atoms with E-state index >= 15 is 4.57 Å². The molecule has 3 nitrogen and oxygen atoms in total. The summed E-state index contributed by atoms with van der Waals surface area (Å²) in [4.78, 5) is 2.38. The summed E-state index contributed by atoms with van der Waals surface area (Å²) in [5.41, 5.74) is 7.19. The first-order valence-electron chi connectivity index (χ1n) is 20.5. The molecule has 0 saturated heterocycles. The Bertz CT molecular complexity index is 2990. The van der Waals surface area contributed by atoms with Crippen LogP contribution in [0.3, 0.4) is 0 Å². The summed E-state index contributed by atoms with van der Waals surface area (Å²) in [6.45, 7) is 0. The molecule has 0 aromatic heterocycles. The Hall–Kier alpha value is -6.97. The number of nitrogens with zero attached hydrogens (tertiary/aromatic N) is 1. The average Bonchev–Trinajstić information content (AvgIpc) is 3.32. The summed E-state index contributed by atoms with van der Waals surface area (Å²) < 4.78 is 23.1. The van der Waals surface area contributed by atoms with E-state index in [-0.39, 0.29) is 0 Å². The Morgan fingerprint density at radius 1 is 0.400 bits per heavy atom. The van der Waals surface area contributed by atoms with Gasteiger partial charge in [0.1, 0.15) is 11.5 Å². The Morgan fingerprint density at radius 3 is 1.30 bits per heavy atom. The van der Waals surface area contributed by atoms with Gasteiger partial charge in [0, 0.05) is 32.7 Å². The summed E-state index contributed by atoms with van der Waals surface area (Å²) in [5.74, 6) is 1.73. The maximum absolute atomic E-state index is 16.5. The van der Waals surface area contributed by atoms with Crippen molar-refractivity contribution in [1.82, 2.24) is 0 Å². The topological polar surface area (TPSA) is 29.5 Å². The Morgan fingerprint density at radius 2 is 0.800 bits per heavy atom. The van der Waals surface area contributed by atoms with E-state index in [1.54, 1.807) is 0 Å². The van der Waals surface area contributed by atoms with Gasteiger partial charge in [-0.15, -0.1) is 0 Å². The Kier molecular flexibility index (Phi) is 7.75. The molecule has 0 atom stereocenters. The number of fused-ring (bicyclic) bond motifs is 10. The molecule has 0 bridgehead atoms. The predicted octanol–water partition coefficient (Wildman–Crippen LogP) is 9.29. The van der Waals surface area contributed by atoms with E-state index in [0.717, 1.165) is 55.6 Å². The molecular weight excluding hydrogens is 766 g/mol. The zero-order chi connectivity index (χ0) is 39.9. The van der Waals surface area contributed by atoms with E-state index in [2.05, 4.69) is 235 Å². The van der Waals surface area contributed by atoms with Crippen LogP contribution in [0, 0.1) is 0 Å². The van der Waals surface area contributed by atoms with E-state index in [1.165, 1.54) is 31.9 Å². The summed E-state index contributed by atoms with van der Waals surface area (Å²) >= 11 is 0. The molecule has 5 heteroatoms. The van der Waals surface area contributed by atoms with Crippen LogP contribution in [-0.4, -0.2) is 8.07 Å². The Balaban J connectivity index is 1.06. The number of ether oxygens (including phenoxy) is 1. The second-order valence-electron chi connectivity index (χ2n) is 15.9. The number of para-hydroxylation sites is 4. The molecule has 60 heavy (non-hydrogen) atoms. The van der Waals surface area contributed by atoms with Gasteiger partial charge >= 0.3 is 0 Å². The number of rotatable bonds is 4. The molecule has 1 spiro atoms. The van der Waals surface area contributed by atoms with Crippen molar-refractivity contribution in [2.24, 2.45) is 0 Å². The second kappa shape index (κ2) is 13.3. The molecule has 9 aromatic rings. The molecule has 0 amide bonds. The minimum atomic E-state index is -3.36. The van der Waals surface area contributed by atoms with Crippen molar-refractivity contribution in [3.05, 3.63) is 253 Å². The molecule has 3 aliphatic rings. The predicted molar refractivity (Wildman–Crippen MR) is 250 cm³/mol. The normalized spacial score (nSPS) is 15.6. The lowest BCUT2D eigenvalue weighted by Gasteiger charge is -2.48. The van der Waals surface area contributed by atoms with Gasteiger partial charge in [0.25, 0.3) is 0 Å². The van der Waals surface area contributed by atoms with Crippen LogP contribution in [-0.2, 0) is 9.98 Å². The minimum absolute atomic E-state index is 0.608. The third-order valence-electron chi connectivity index (χ3n) is 13.1. The van der Waals surface area contributed by atoms with E-state index in [0.29, 0.717) is 0 Å². The van der Waals surface area contributed by atoms with Crippen LogP contribution < -0.4 is 46.3 Å².